The predicted molar refractivity (Wildman–Crippen MR) is 105 cm³/mol. The zero-order valence-corrected chi connectivity index (χ0v) is 15.2. The Labute approximate surface area is 159 Å². The number of carboxylic acid groups (broad SMARTS) is 1. The minimum atomic E-state index is -0.733. The number of carbonyl (C=O) groups is 1. The molecule has 2 aromatic carbocycles. The van der Waals surface area contributed by atoms with Crippen molar-refractivity contribution in [3.8, 4) is 11.1 Å². The second-order valence-corrected chi connectivity index (χ2v) is 6.24. The Balaban J connectivity index is 0.00000243. The number of benzene rings is 2. The summed E-state index contributed by atoms with van der Waals surface area (Å²) >= 11 is 0. The number of carboxylic acids is 1. The van der Waals surface area contributed by atoms with Crippen LogP contribution in [-0.2, 0) is 9.63 Å². The lowest BCUT2D eigenvalue weighted by Crippen LogP contribution is -2.43. The molecule has 0 saturated carbocycles. The topological polar surface area (TPSA) is 70.9 Å². The molecule has 1 heterocycles. The zero-order chi connectivity index (χ0) is 17.5. The number of halogens is 1. The monoisotopic (exact) mass is 374 g/mol. The van der Waals surface area contributed by atoms with Gasteiger partial charge in [-0.25, -0.2) is 0 Å². The maximum atomic E-state index is 10.9. The first-order valence-electron chi connectivity index (χ1n) is 8.49. The Hall–Kier alpha value is -2.37. The maximum absolute atomic E-state index is 10.9. The SMILES string of the molecule is Cl.O=C(O)[C@@H]1CC[C@H](CO/N=C/c2ccc(-c3ccccc3)cc2)NC1. The number of rotatable bonds is 6. The van der Waals surface area contributed by atoms with Crippen molar-refractivity contribution < 1.29 is 14.7 Å². The third-order valence-corrected chi connectivity index (χ3v) is 4.44. The van der Waals surface area contributed by atoms with Gasteiger partial charge in [-0.1, -0.05) is 59.8 Å². The van der Waals surface area contributed by atoms with Crippen LogP contribution in [0.5, 0.6) is 0 Å². The molecule has 2 aromatic rings. The Kier molecular flexibility index (Phi) is 7.63. The molecule has 1 aliphatic rings. The average molecular weight is 375 g/mol. The molecule has 0 bridgehead atoms. The van der Waals surface area contributed by atoms with Crippen LogP contribution < -0.4 is 5.32 Å². The molecule has 138 valence electrons. The van der Waals surface area contributed by atoms with Gasteiger partial charge in [0.15, 0.2) is 0 Å². The summed E-state index contributed by atoms with van der Waals surface area (Å²) in [6.07, 6.45) is 3.16. The van der Waals surface area contributed by atoms with Crippen LogP contribution in [0.2, 0.25) is 0 Å². The summed E-state index contributed by atoms with van der Waals surface area (Å²) in [4.78, 5) is 16.2. The molecule has 0 amide bonds. The molecule has 0 radical (unpaired) electrons. The summed E-state index contributed by atoms with van der Waals surface area (Å²) in [6.45, 7) is 0.943. The first-order valence-corrected chi connectivity index (χ1v) is 8.49. The number of piperidine rings is 1. The fourth-order valence-corrected chi connectivity index (χ4v) is 2.89. The minimum Gasteiger partial charge on any atom is -0.481 e. The fraction of sp³-hybridized carbons (Fsp3) is 0.300. The van der Waals surface area contributed by atoms with Gasteiger partial charge >= 0.3 is 5.97 Å². The first-order chi connectivity index (χ1) is 12.2. The second kappa shape index (κ2) is 9.94. The van der Waals surface area contributed by atoms with Gasteiger partial charge in [0.05, 0.1) is 12.1 Å². The summed E-state index contributed by atoms with van der Waals surface area (Å²) in [5, 5.41) is 16.2. The van der Waals surface area contributed by atoms with Gasteiger partial charge < -0.3 is 15.3 Å². The Morgan fingerprint density at radius 2 is 1.81 bits per heavy atom. The Morgan fingerprint density at radius 3 is 2.42 bits per heavy atom. The van der Waals surface area contributed by atoms with Gasteiger partial charge in [0.25, 0.3) is 0 Å². The van der Waals surface area contributed by atoms with Crippen LogP contribution in [0.3, 0.4) is 0 Å². The smallest absolute Gasteiger partial charge is 0.307 e. The van der Waals surface area contributed by atoms with Gasteiger partial charge in [-0.2, -0.15) is 0 Å². The molecular formula is C20H23ClN2O3. The van der Waals surface area contributed by atoms with Crippen molar-refractivity contribution in [2.75, 3.05) is 13.2 Å². The molecule has 5 nitrogen and oxygen atoms in total. The third-order valence-electron chi connectivity index (χ3n) is 4.44. The molecule has 1 saturated heterocycles. The lowest BCUT2D eigenvalue weighted by molar-refractivity contribution is -0.142. The van der Waals surface area contributed by atoms with Crippen molar-refractivity contribution in [2.45, 2.75) is 18.9 Å². The van der Waals surface area contributed by atoms with Crippen LogP contribution in [0, 0.1) is 5.92 Å². The van der Waals surface area contributed by atoms with E-state index in [1.54, 1.807) is 6.21 Å². The highest BCUT2D eigenvalue weighted by molar-refractivity contribution is 5.85. The van der Waals surface area contributed by atoms with Gasteiger partial charge in [-0.3, -0.25) is 4.79 Å². The van der Waals surface area contributed by atoms with Gasteiger partial charge in [0, 0.05) is 12.6 Å². The highest BCUT2D eigenvalue weighted by atomic mass is 35.5. The van der Waals surface area contributed by atoms with Crippen molar-refractivity contribution >= 4 is 24.6 Å². The standard InChI is InChI=1S/C20H22N2O3.ClH/c23-20(24)18-10-11-19(21-13-18)14-25-22-12-15-6-8-17(9-7-15)16-4-2-1-3-5-16;/h1-9,12,18-19,21H,10-11,13-14H2,(H,23,24);1H/b22-12+;/t18-,19-;/m1./s1. The number of aliphatic carboxylic acids is 1. The average Bonchev–Trinajstić information content (AvgIpc) is 2.67. The number of oxime groups is 1. The number of nitrogens with one attached hydrogen (secondary N) is 1. The van der Waals surface area contributed by atoms with Crippen LogP contribution in [-0.4, -0.2) is 36.5 Å². The van der Waals surface area contributed by atoms with Crippen molar-refractivity contribution in [3.05, 3.63) is 60.2 Å². The van der Waals surface area contributed by atoms with Crippen molar-refractivity contribution in [1.82, 2.24) is 5.32 Å². The van der Waals surface area contributed by atoms with Crippen LogP contribution >= 0.6 is 12.4 Å². The van der Waals surface area contributed by atoms with E-state index in [1.807, 2.05) is 30.3 Å². The van der Waals surface area contributed by atoms with Crippen molar-refractivity contribution in [3.63, 3.8) is 0 Å². The van der Waals surface area contributed by atoms with E-state index in [4.69, 9.17) is 9.94 Å². The van der Waals surface area contributed by atoms with Crippen molar-refractivity contribution in [1.29, 1.82) is 0 Å². The summed E-state index contributed by atoms with van der Waals surface area (Å²) in [5.74, 6) is -1.02. The molecule has 2 N–H and O–H groups in total. The van der Waals surface area contributed by atoms with Crippen LogP contribution in [0.25, 0.3) is 11.1 Å². The summed E-state index contributed by atoms with van der Waals surface area (Å²) < 4.78 is 0. The molecule has 0 unspecified atom stereocenters. The highest BCUT2D eigenvalue weighted by Crippen LogP contribution is 2.19. The largest absolute Gasteiger partial charge is 0.481 e. The van der Waals surface area contributed by atoms with E-state index >= 15 is 0 Å². The van der Waals surface area contributed by atoms with E-state index in [2.05, 4.69) is 34.7 Å². The van der Waals surface area contributed by atoms with Gasteiger partial charge in [0.2, 0.25) is 0 Å². The lowest BCUT2D eigenvalue weighted by Gasteiger charge is -2.26. The summed E-state index contributed by atoms with van der Waals surface area (Å²) in [7, 11) is 0. The second-order valence-electron chi connectivity index (χ2n) is 6.24. The van der Waals surface area contributed by atoms with E-state index in [9.17, 15) is 4.79 Å². The van der Waals surface area contributed by atoms with E-state index < -0.39 is 5.97 Å². The molecule has 0 spiro atoms. The van der Waals surface area contributed by atoms with E-state index in [1.165, 1.54) is 5.56 Å². The van der Waals surface area contributed by atoms with E-state index in [-0.39, 0.29) is 24.4 Å². The molecular weight excluding hydrogens is 352 g/mol. The van der Waals surface area contributed by atoms with Crippen LogP contribution in [0.4, 0.5) is 0 Å². The number of nitrogens with zero attached hydrogens (tertiary/aromatic N) is 1. The van der Waals surface area contributed by atoms with Gasteiger partial charge in [0.1, 0.15) is 6.61 Å². The summed E-state index contributed by atoms with van der Waals surface area (Å²) in [6, 6.07) is 18.5. The molecule has 26 heavy (non-hydrogen) atoms. The minimum absolute atomic E-state index is 0. The first kappa shape index (κ1) is 19.9. The van der Waals surface area contributed by atoms with Crippen LogP contribution in [0.15, 0.2) is 59.8 Å². The quantitative estimate of drug-likeness (QED) is 0.599. The molecule has 1 fully saturated rings. The van der Waals surface area contributed by atoms with Gasteiger partial charge in [-0.15, -0.1) is 12.4 Å². The fourth-order valence-electron chi connectivity index (χ4n) is 2.89. The normalized spacial score (nSPS) is 19.7. The number of hydrogen-bond donors (Lipinski definition) is 2. The summed E-state index contributed by atoms with van der Waals surface area (Å²) in [5.41, 5.74) is 3.32. The zero-order valence-electron chi connectivity index (χ0n) is 14.4. The Morgan fingerprint density at radius 1 is 1.12 bits per heavy atom. The lowest BCUT2D eigenvalue weighted by atomic mass is 9.95. The number of hydrogen-bond acceptors (Lipinski definition) is 4. The molecule has 1 aliphatic heterocycles. The predicted octanol–water partition coefficient (Wildman–Crippen LogP) is 3.58. The van der Waals surface area contributed by atoms with E-state index in [0.29, 0.717) is 19.6 Å². The molecule has 2 atom stereocenters. The highest BCUT2D eigenvalue weighted by Gasteiger charge is 2.25. The van der Waals surface area contributed by atoms with Crippen LogP contribution in [0.1, 0.15) is 18.4 Å². The Bertz CT molecular complexity index is 712. The van der Waals surface area contributed by atoms with Crippen molar-refractivity contribution in [2.24, 2.45) is 11.1 Å². The third kappa shape index (κ3) is 5.58. The maximum Gasteiger partial charge on any atom is 0.307 e. The molecule has 0 aliphatic carbocycles. The molecule has 3 rings (SSSR count). The van der Waals surface area contributed by atoms with Gasteiger partial charge in [-0.05, 0) is 29.5 Å². The van der Waals surface area contributed by atoms with E-state index in [0.717, 1.165) is 17.5 Å². The molecule has 6 heteroatoms. The molecule has 0 aromatic heterocycles.